The highest BCUT2D eigenvalue weighted by molar-refractivity contribution is 8.13. The van der Waals surface area contributed by atoms with Crippen LogP contribution >= 0.6 is 11.8 Å². The van der Waals surface area contributed by atoms with E-state index in [9.17, 15) is 0 Å². The first-order chi connectivity index (χ1) is 6.36. The fourth-order valence-electron chi connectivity index (χ4n) is 1.16. The van der Waals surface area contributed by atoms with Crippen LogP contribution in [0.25, 0.3) is 0 Å². The molecule has 1 aliphatic rings. The first kappa shape index (κ1) is 10.4. The van der Waals surface area contributed by atoms with Gasteiger partial charge in [0, 0.05) is 13.2 Å². The van der Waals surface area contributed by atoms with Crippen molar-refractivity contribution in [3.8, 4) is 6.19 Å². The first-order valence-electron chi connectivity index (χ1n) is 4.21. The molecule has 72 valence electrons. The van der Waals surface area contributed by atoms with Gasteiger partial charge < -0.3 is 4.74 Å². The summed E-state index contributed by atoms with van der Waals surface area (Å²) in [6, 6.07) is 0.317. The van der Waals surface area contributed by atoms with E-state index in [0.29, 0.717) is 11.2 Å². The van der Waals surface area contributed by atoms with Crippen LogP contribution in [0.1, 0.15) is 12.8 Å². The molecule has 0 aromatic rings. The number of nitrogens with one attached hydrogen (secondary N) is 1. The number of amidine groups is 1. The van der Waals surface area contributed by atoms with Crippen molar-refractivity contribution in [2.45, 2.75) is 18.9 Å². The number of nitriles is 1. The third-order valence-corrected chi connectivity index (χ3v) is 2.44. The topological polar surface area (TPSA) is 57.4 Å². The van der Waals surface area contributed by atoms with Gasteiger partial charge in [0.05, 0.1) is 6.04 Å². The van der Waals surface area contributed by atoms with Gasteiger partial charge in [0.25, 0.3) is 0 Å². The highest BCUT2D eigenvalue weighted by Crippen LogP contribution is 2.11. The van der Waals surface area contributed by atoms with Gasteiger partial charge >= 0.3 is 0 Å². The first-order valence-corrected chi connectivity index (χ1v) is 5.44. The van der Waals surface area contributed by atoms with Gasteiger partial charge in [0.1, 0.15) is 0 Å². The monoisotopic (exact) mass is 199 g/mol. The quantitative estimate of drug-likeness (QED) is 0.296. The second-order valence-electron chi connectivity index (χ2n) is 2.72. The van der Waals surface area contributed by atoms with Crippen molar-refractivity contribution in [2.24, 2.45) is 4.99 Å². The molecule has 0 radical (unpaired) electrons. The maximum Gasteiger partial charge on any atom is 0.183 e. The predicted molar refractivity (Wildman–Crippen MR) is 53.5 cm³/mol. The Morgan fingerprint density at radius 2 is 2.31 bits per heavy atom. The Hall–Kier alpha value is -0.730. The van der Waals surface area contributed by atoms with Crippen LogP contribution in [0.2, 0.25) is 0 Å². The number of thioether (sulfide) groups is 1. The van der Waals surface area contributed by atoms with E-state index in [0.717, 1.165) is 26.1 Å². The Labute approximate surface area is 82.4 Å². The van der Waals surface area contributed by atoms with E-state index in [-0.39, 0.29) is 0 Å². The van der Waals surface area contributed by atoms with Gasteiger partial charge in [-0.1, -0.05) is 11.8 Å². The minimum Gasteiger partial charge on any atom is -0.381 e. The fourth-order valence-corrected chi connectivity index (χ4v) is 1.57. The summed E-state index contributed by atoms with van der Waals surface area (Å²) in [5, 5.41) is 11.7. The lowest BCUT2D eigenvalue weighted by atomic mass is 10.1. The summed E-state index contributed by atoms with van der Waals surface area (Å²) < 4.78 is 5.21. The van der Waals surface area contributed by atoms with Crippen LogP contribution in [0, 0.1) is 11.5 Å². The molecule has 0 saturated carbocycles. The number of hydrogen-bond acceptors (Lipinski definition) is 4. The summed E-state index contributed by atoms with van der Waals surface area (Å²) in [7, 11) is 0. The molecule has 0 spiro atoms. The van der Waals surface area contributed by atoms with Gasteiger partial charge in [-0.2, -0.15) is 5.26 Å². The second-order valence-corrected chi connectivity index (χ2v) is 3.51. The van der Waals surface area contributed by atoms with Crippen molar-refractivity contribution < 1.29 is 4.74 Å². The summed E-state index contributed by atoms with van der Waals surface area (Å²) in [6.07, 6.45) is 5.69. The Kier molecular flexibility index (Phi) is 4.65. The molecule has 0 unspecified atom stereocenters. The van der Waals surface area contributed by atoms with Crippen LogP contribution in [0.5, 0.6) is 0 Å². The molecule has 0 aromatic carbocycles. The molecule has 1 heterocycles. The summed E-state index contributed by atoms with van der Waals surface area (Å²) in [5.41, 5.74) is 0. The van der Waals surface area contributed by atoms with E-state index < -0.39 is 0 Å². The normalized spacial score (nSPS) is 19.5. The number of rotatable bonds is 1. The maximum absolute atomic E-state index is 8.42. The minimum atomic E-state index is 0.317. The molecule has 13 heavy (non-hydrogen) atoms. The summed E-state index contributed by atoms with van der Waals surface area (Å²) in [6.45, 7) is 1.56. The van der Waals surface area contributed by atoms with Gasteiger partial charge in [-0.25, -0.2) is 0 Å². The average molecular weight is 199 g/mol. The van der Waals surface area contributed by atoms with Crippen LogP contribution in [-0.2, 0) is 4.74 Å². The standard InChI is InChI=1S/C8H13N3OS/c1-13-8(10-6-9)11-7-2-4-12-5-3-7/h7H,2-5H2,1H3,(H,10,11). The van der Waals surface area contributed by atoms with Crippen LogP contribution < -0.4 is 5.32 Å². The zero-order valence-corrected chi connectivity index (χ0v) is 8.43. The zero-order chi connectivity index (χ0) is 9.52. The highest BCUT2D eigenvalue weighted by Gasteiger charge is 2.12. The lowest BCUT2D eigenvalue weighted by Crippen LogP contribution is -2.23. The number of hydrogen-bond donors (Lipinski definition) is 1. The number of aliphatic imine (C=N–C) groups is 1. The van der Waals surface area contributed by atoms with Gasteiger partial charge in [-0.3, -0.25) is 10.3 Å². The molecule has 5 heteroatoms. The number of ether oxygens (including phenoxy) is 1. The van der Waals surface area contributed by atoms with Gasteiger partial charge in [-0.05, 0) is 19.1 Å². The Balaban J connectivity index is 2.45. The molecule has 4 nitrogen and oxygen atoms in total. The lowest BCUT2D eigenvalue weighted by molar-refractivity contribution is 0.0871. The van der Waals surface area contributed by atoms with Crippen molar-refractivity contribution in [1.82, 2.24) is 5.32 Å². The summed E-state index contributed by atoms with van der Waals surface area (Å²) in [4.78, 5) is 4.41. The maximum atomic E-state index is 8.42. The number of nitrogens with zero attached hydrogens (tertiary/aromatic N) is 2. The van der Waals surface area contributed by atoms with Crippen molar-refractivity contribution in [2.75, 3.05) is 19.5 Å². The molecule has 1 fully saturated rings. The van der Waals surface area contributed by atoms with Crippen molar-refractivity contribution >= 4 is 16.9 Å². The van der Waals surface area contributed by atoms with E-state index in [4.69, 9.17) is 10.00 Å². The smallest absolute Gasteiger partial charge is 0.183 e. The molecule has 0 aliphatic carbocycles. The third-order valence-electron chi connectivity index (χ3n) is 1.85. The molecule has 1 saturated heterocycles. The third kappa shape index (κ3) is 3.66. The van der Waals surface area contributed by atoms with Crippen molar-refractivity contribution in [3.63, 3.8) is 0 Å². The molecule has 0 amide bonds. The fraction of sp³-hybridized carbons (Fsp3) is 0.750. The Morgan fingerprint density at radius 1 is 1.62 bits per heavy atom. The zero-order valence-electron chi connectivity index (χ0n) is 7.62. The van der Waals surface area contributed by atoms with Crippen LogP contribution in [-0.4, -0.2) is 30.7 Å². The molecular weight excluding hydrogens is 186 g/mol. The Bertz CT molecular complexity index is 218. The van der Waals surface area contributed by atoms with Crippen molar-refractivity contribution in [1.29, 1.82) is 5.26 Å². The highest BCUT2D eigenvalue weighted by atomic mass is 32.2. The second kappa shape index (κ2) is 5.84. The van der Waals surface area contributed by atoms with E-state index in [1.54, 1.807) is 0 Å². The lowest BCUT2D eigenvalue weighted by Gasteiger charge is -2.18. The molecule has 1 aliphatic heterocycles. The van der Waals surface area contributed by atoms with Crippen LogP contribution in [0.4, 0.5) is 0 Å². The Morgan fingerprint density at radius 3 is 2.85 bits per heavy atom. The minimum absolute atomic E-state index is 0.317. The van der Waals surface area contributed by atoms with E-state index >= 15 is 0 Å². The molecule has 1 rings (SSSR count). The predicted octanol–water partition coefficient (Wildman–Crippen LogP) is 0.955. The van der Waals surface area contributed by atoms with E-state index in [1.165, 1.54) is 11.8 Å². The van der Waals surface area contributed by atoms with Crippen LogP contribution in [0.3, 0.4) is 0 Å². The molecule has 0 aromatic heterocycles. The average Bonchev–Trinajstić information content (AvgIpc) is 2.19. The molecule has 0 atom stereocenters. The van der Waals surface area contributed by atoms with Gasteiger partial charge in [0.15, 0.2) is 11.4 Å². The largest absolute Gasteiger partial charge is 0.381 e. The summed E-state index contributed by atoms with van der Waals surface area (Å²) in [5.74, 6) is 0. The van der Waals surface area contributed by atoms with E-state index in [1.807, 2.05) is 12.4 Å². The van der Waals surface area contributed by atoms with Crippen molar-refractivity contribution in [3.05, 3.63) is 0 Å². The van der Waals surface area contributed by atoms with E-state index in [2.05, 4.69) is 10.3 Å². The molecular formula is C8H13N3OS. The summed E-state index contributed by atoms with van der Waals surface area (Å²) >= 11 is 1.46. The van der Waals surface area contributed by atoms with Gasteiger partial charge in [-0.15, -0.1) is 0 Å². The van der Waals surface area contributed by atoms with Gasteiger partial charge in [0.2, 0.25) is 0 Å². The molecule has 1 N–H and O–H groups in total. The SMILES string of the molecule is CSC(=NC1CCOCC1)NC#N. The van der Waals surface area contributed by atoms with Crippen LogP contribution in [0.15, 0.2) is 4.99 Å². The molecule has 0 bridgehead atoms.